The minimum atomic E-state index is -0.711. The van der Waals surface area contributed by atoms with Crippen molar-refractivity contribution in [3.8, 4) is 17.2 Å². The highest BCUT2D eigenvalue weighted by Gasteiger charge is 2.70. The van der Waals surface area contributed by atoms with Crippen LogP contribution in [-0.4, -0.2) is 83.4 Å². The third-order valence-corrected chi connectivity index (χ3v) is 18.1. The Bertz CT molecular complexity index is 2070. The number of halogens is 2. The summed E-state index contributed by atoms with van der Waals surface area (Å²) in [6, 6.07) is 13.1. The van der Waals surface area contributed by atoms with Gasteiger partial charge in [0.2, 0.25) is 6.79 Å². The molecule has 1 saturated heterocycles. The Morgan fingerprint density at radius 1 is 0.855 bits per heavy atom. The number of piperazine rings is 1. The first-order chi connectivity index (χ1) is 28.7. The molecule has 2 aromatic carbocycles. The lowest BCUT2D eigenvalue weighted by Gasteiger charge is -2.70. The quantitative estimate of drug-likeness (QED) is 0.292. The van der Waals surface area contributed by atoms with Gasteiger partial charge in [-0.3, -0.25) is 19.3 Å². The molecule has 4 saturated carbocycles. The number of amides is 1. The van der Waals surface area contributed by atoms with Gasteiger partial charge in [-0.05, 0) is 152 Å². The molecular formula is C50H68Cl2N2O8. The Labute approximate surface area is 379 Å². The van der Waals surface area contributed by atoms with Gasteiger partial charge in [0.15, 0.2) is 23.9 Å². The maximum atomic E-state index is 14.2. The molecule has 2 aromatic rings. The summed E-state index contributed by atoms with van der Waals surface area (Å²) in [5, 5.41) is 21.6. The fraction of sp³-hybridized carbons (Fsp3) is 0.660. The van der Waals surface area contributed by atoms with Gasteiger partial charge in [-0.25, -0.2) is 0 Å². The first-order valence-corrected chi connectivity index (χ1v) is 23.0. The van der Waals surface area contributed by atoms with Crippen molar-refractivity contribution in [1.82, 2.24) is 9.80 Å². The first kappa shape index (κ1) is 46.7. The molecule has 12 heteroatoms. The number of benzene rings is 2. The lowest BCUT2D eigenvalue weighted by molar-refractivity contribution is -0.202. The van der Waals surface area contributed by atoms with E-state index in [-0.39, 0.29) is 82.5 Å². The van der Waals surface area contributed by atoms with E-state index in [1.807, 2.05) is 30.0 Å². The second-order valence-corrected chi connectivity index (χ2v) is 22.0. The largest absolute Gasteiger partial charge is 0.484 e. The van der Waals surface area contributed by atoms with Gasteiger partial charge in [0.1, 0.15) is 5.75 Å². The zero-order chi connectivity index (χ0) is 43.8. The number of aliphatic hydroxyl groups is 1. The highest BCUT2D eigenvalue weighted by atomic mass is 35.5. The van der Waals surface area contributed by atoms with Crippen molar-refractivity contribution < 1.29 is 38.8 Å². The van der Waals surface area contributed by atoms with E-state index in [0.29, 0.717) is 36.2 Å². The molecule has 5 fully saturated rings. The van der Waals surface area contributed by atoms with Crippen LogP contribution in [0.2, 0.25) is 5.02 Å². The number of rotatable bonds is 6. The van der Waals surface area contributed by atoms with Crippen molar-refractivity contribution in [2.75, 3.05) is 39.6 Å². The summed E-state index contributed by atoms with van der Waals surface area (Å²) in [6.45, 7) is 20.1. The normalized spacial score (nSPS) is 36.8. The van der Waals surface area contributed by atoms with Crippen LogP contribution < -0.4 is 14.2 Å². The van der Waals surface area contributed by atoms with Crippen LogP contribution in [0.1, 0.15) is 112 Å². The number of aliphatic hydroxyl groups excluding tert-OH is 1. The van der Waals surface area contributed by atoms with Crippen LogP contribution in [0.5, 0.6) is 17.2 Å². The molecule has 0 spiro atoms. The minimum Gasteiger partial charge on any atom is -0.484 e. The first-order valence-electron chi connectivity index (χ1n) is 22.7. The van der Waals surface area contributed by atoms with Crippen molar-refractivity contribution in [1.29, 1.82) is 0 Å². The zero-order valence-electron chi connectivity index (χ0n) is 37.8. The standard InChI is InChI=1S/C30H46O4.C20H21ClN2O4.ClH/c1-25(2)21-8-11-30(7)23(28(21,5)10-9-22(25)32)20(31)16-18-19-17-27(4,24(33)34)13-12-26(19,3)14-15-29(18,30)6;21-16-2-4-17(5-3-16)25-13-20(24)23-9-7-22(8-10-23)12-15-1-6-18-19(11-15)27-14-26-18;/h16,19,21-23,32H,8-15,17H2,1-7H3,(H,33,34);1-6,11H,7-10,12-14H2;1H. The van der Waals surface area contributed by atoms with E-state index in [0.717, 1.165) is 82.5 Å². The maximum absolute atomic E-state index is 14.2. The van der Waals surface area contributed by atoms with Gasteiger partial charge in [0, 0.05) is 43.7 Å². The van der Waals surface area contributed by atoms with Crippen molar-refractivity contribution in [2.45, 2.75) is 119 Å². The highest BCUT2D eigenvalue weighted by molar-refractivity contribution is 6.30. The number of nitrogens with zero attached hydrogens (tertiary/aromatic N) is 2. The predicted molar refractivity (Wildman–Crippen MR) is 242 cm³/mol. The molecule has 62 heavy (non-hydrogen) atoms. The third kappa shape index (κ3) is 7.95. The summed E-state index contributed by atoms with van der Waals surface area (Å²) in [4.78, 5) is 43.0. The molecule has 2 heterocycles. The van der Waals surface area contributed by atoms with Crippen LogP contribution in [0.4, 0.5) is 0 Å². The van der Waals surface area contributed by atoms with Gasteiger partial charge in [-0.1, -0.05) is 64.8 Å². The average Bonchev–Trinajstić information content (AvgIpc) is 3.69. The molecule has 0 radical (unpaired) electrons. The van der Waals surface area contributed by atoms with Crippen molar-refractivity contribution in [3.05, 3.63) is 64.7 Å². The molecule has 2 aliphatic heterocycles. The number of carbonyl (C=O) groups excluding carboxylic acids is 2. The fourth-order valence-corrected chi connectivity index (χ4v) is 13.7. The van der Waals surface area contributed by atoms with E-state index in [1.165, 1.54) is 11.1 Å². The van der Waals surface area contributed by atoms with E-state index in [4.69, 9.17) is 25.8 Å². The van der Waals surface area contributed by atoms with E-state index in [9.17, 15) is 24.6 Å². The van der Waals surface area contributed by atoms with E-state index < -0.39 is 11.4 Å². The predicted octanol–water partition coefficient (Wildman–Crippen LogP) is 9.63. The summed E-state index contributed by atoms with van der Waals surface area (Å²) in [6.07, 6.45) is 9.95. The van der Waals surface area contributed by atoms with Crippen molar-refractivity contribution in [2.24, 2.45) is 50.2 Å². The summed E-state index contributed by atoms with van der Waals surface area (Å²) in [5.41, 5.74) is 1.33. The number of carboxylic acid groups (broad SMARTS) is 1. The van der Waals surface area contributed by atoms with E-state index >= 15 is 0 Å². The molecule has 9 rings (SSSR count). The Balaban J connectivity index is 0.000000188. The van der Waals surface area contributed by atoms with Gasteiger partial charge in [-0.15, -0.1) is 12.4 Å². The van der Waals surface area contributed by atoms with Crippen molar-refractivity contribution in [3.63, 3.8) is 0 Å². The van der Waals surface area contributed by atoms with Crippen LogP contribution in [0, 0.1) is 50.2 Å². The second kappa shape index (κ2) is 16.9. The van der Waals surface area contributed by atoms with Crippen LogP contribution in [0.25, 0.3) is 0 Å². The molecule has 0 aromatic heterocycles. The van der Waals surface area contributed by atoms with Gasteiger partial charge in [0.25, 0.3) is 5.91 Å². The van der Waals surface area contributed by atoms with Gasteiger partial charge in [0.05, 0.1) is 11.5 Å². The molecule has 10 nitrogen and oxygen atoms in total. The highest BCUT2D eigenvalue weighted by Crippen LogP contribution is 2.75. The third-order valence-electron chi connectivity index (χ3n) is 17.8. The molecule has 5 aliphatic carbocycles. The number of hydrogen-bond donors (Lipinski definition) is 2. The lowest BCUT2D eigenvalue weighted by atomic mass is 9.33. The summed E-state index contributed by atoms with van der Waals surface area (Å²) in [5.74, 6) is 2.32. The smallest absolute Gasteiger partial charge is 0.309 e. The Hall–Kier alpha value is -3.31. The molecule has 9 atom stereocenters. The van der Waals surface area contributed by atoms with E-state index in [2.05, 4.69) is 52.5 Å². The average molecular weight is 896 g/mol. The maximum Gasteiger partial charge on any atom is 0.309 e. The van der Waals surface area contributed by atoms with E-state index in [1.54, 1.807) is 24.3 Å². The number of carbonyl (C=O) groups is 3. The lowest BCUT2D eigenvalue weighted by Crippen LogP contribution is -2.66. The SMILES string of the molecule is CC1(C(=O)O)CCC2(C)CCC3(C)C(=CC(=O)C4C5(C)CCC(O)C(C)(C)C5CCC43C)C2C1.Cl.O=C(COc1ccc(Cl)cc1)N1CCN(Cc2ccc3c(c2)OCO3)CC1. The summed E-state index contributed by atoms with van der Waals surface area (Å²) < 4.78 is 16.3. The molecule has 2 N–H and O–H groups in total. The number of carboxylic acids is 1. The number of fused-ring (bicyclic) bond motifs is 8. The fourth-order valence-electron chi connectivity index (χ4n) is 13.6. The number of ether oxygens (including phenoxy) is 3. The molecule has 1 amide bonds. The minimum absolute atomic E-state index is 0. The summed E-state index contributed by atoms with van der Waals surface area (Å²) in [7, 11) is 0. The van der Waals surface area contributed by atoms with Crippen LogP contribution in [-0.2, 0) is 20.9 Å². The number of ketones is 1. The molecule has 7 aliphatic rings. The number of allylic oxidation sites excluding steroid dienone is 2. The number of hydrogen-bond acceptors (Lipinski definition) is 8. The topological polar surface area (TPSA) is 126 Å². The number of aliphatic carboxylic acids is 1. The van der Waals surface area contributed by atoms with Gasteiger partial charge < -0.3 is 29.3 Å². The van der Waals surface area contributed by atoms with Gasteiger partial charge >= 0.3 is 5.97 Å². The second-order valence-electron chi connectivity index (χ2n) is 21.5. The van der Waals surface area contributed by atoms with Crippen LogP contribution in [0.15, 0.2) is 54.1 Å². The van der Waals surface area contributed by atoms with Crippen LogP contribution in [0.3, 0.4) is 0 Å². The molecule has 9 unspecified atom stereocenters. The Kier molecular flexibility index (Phi) is 12.7. The molecular weight excluding hydrogens is 827 g/mol. The van der Waals surface area contributed by atoms with Gasteiger partial charge in [-0.2, -0.15) is 0 Å². The Morgan fingerprint density at radius 2 is 1.53 bits per heavy atom. The molecule has 0 bridgehead atoms. The monoisotopic (exact) mass is 894 g/mol. The molecule has 340 valence electrons. The summed E-state index contributed by atoms with van der Waals surface area (Å²) >= 11 is 5.85. The zero-order valence-corrected chi connectivity index (χ0v) is 39.3. The Morgan fingerprint density at radius 3 is 2.23 bits per heavy atom. The van der Waals surface area contributed by atoms with Crippen molar-refractivity contribution >= 4 is 41.7 Å². The van der Waals surface area contributed by atoms with Crippen LogP contribution >= 0.6 is 24.0 Å².